The maximum Gasteiger partial charge on any atom is 0.104 e. The molecule has 0 rings (SSSR count). The minimum Gasteiger partial charge on any atom is -0.380 e. The van der Waals surface area contributed by atoms with Crippen LogP contribution in [0.5, 0.6) is 0 Å². The molecule has 0 saturated carbocycles. The molecule has 13 heavy (non-hydrogen) atoms. The number of thioether (sulfide) groups is 2. The average molecular weight is 238 g/mol. The smallest absolute Gasteiger partial charge is 0.104 e. The maximum absolute atomic E-state index is 5.43. The van der Waals surface area contributed by atoms with Gasteiger partial charge in [-0.25, -0.2) is 0 Å². The summed E-state index contributed by atoms with van der Waals surface area (Å²) in [5.41, 5.74) is 0. The molecule has 0 fully saturated rings. The van der Waals surface area contributed by atoms with Crippen LogP contribution in [0, 0.1) is 5.92 Å². The summed E-state index contributed by atoms with van der Waals surface area (Å²) in [7, 11) is 0. The lowest BCUT2D eigenvalue weighted by Gasteiger charge is -2.06. The summed E-state index contributed by atoms with van der Waals surface area (Å²) in [6.45, 7) is 8.10. The largest absolute Gasteiger partial charge is 0.380 e. The first-order chi connectivity index (χ1) is 6.16. The van der Waals surface area contributed by atoms with Gasteiger partial charge in [-0.05, 0) is 11.7 Å². The van der Waals surface area contributed by atoms with Gasteiger partial charge in [-0.3, -0.25) is 0 Å². The molecular weight excluding hydrogens is 220 g/mol. The molecule has 4 heteroatoms. The second-order valence-corrected chi connectivity index (χ2v) is 6.56. The first kappa shape index (κ1) is 13.8. The van der Waals surface area contributed by atoms with Crippen molar-refractivity contribution in [3.8, 4) is 0 Å². The molecule has 0 aromatic carbocycles. The highest BCUT2D eigenvalue weighted by Gasteiger charge is 1.97. The van der Waals surface area contributed by atoms with Gasteiger partial charge in [-0.15, -0.1) is 23.5 Å². The second-order valence-electron chi connectivity index (χ2n) is 3.00. The van der Waals surface area contributed by atoms with E-state index >= 15 is 0 Å². The van der Waals surface area contributed by atoms with Crippen LogP contribution in [0.25, 0.3) is 0 Å². The molecule has 0 saturated heterocycles. The zero-order valence-corrected chi connectivity index (χ0v) is 11.0. The quantitative estimate of drug-likeness (QED) is 0.517. The van der Waals surface area contributed by atoms with E-state index in [0.29, 0.717) is 5.92 Å². The van der Waals surface area contributed by atoms with Gasteiger partial charge >= 0.3 is 0 Å². The van der Waals surface area contributed by atoms with Gasteiger partial charge in [-0.2, -0.15) is 0 Å². The molecule has 0 spiro atoms. The number of ether oxygens (including phenoxy) is 1. The van der Waals surface area contributed by atoms with E-state index in [1.54, 1.807) is 23.5 Å². The molecule has 0 heterocycles. The SMILES string of the molecule is CCSC(=S)SCCOCC(C)C. The molecule has 0 aliphatic carbocycles. The van der Waals surface area contributed by atoms with Crippen molar-refractivity contribution in [2.75, 3.05) is 24.7 Å². The van der Waals surface area contributed by atoms with Gasteiger partial charge < -0.3 is 4.74 Å². The molecule has 1 nitrogen and oxygen atoms in total. The van der Waals surface area contributed by atoms with E-state index in [2.05, 4.69) is 20.8 Å². The highest BCUT2D eigenvalue weighted by atomic mass is 32.2. The van der Waals surface area contributed by atoms with Crippen LogP contribution in [0.3, 0.4) is 0 Å². The minimum absolute atomic E-state index is 0.627. The van der Waals surface area contributed by atoms with Gasteiger partial charge in [0.25, 0.3) is 0 Å². The van der Waals surface area contributed by atoms with E-state index in [-0.39, 0.29) is 0 Å². The molecular formula is C9H18OS3. The van der Waals surface area contributed by atoms with E-state index in [9.17, 15) is 0 Å². The summed E-state index contributed by atoms with van der Waals surface area (Å²) >= 11 is 8.58. The summed E-state index contributed by atoms with van der Waals surface area (Å²) in [5, 5.41) is 0. The fourth-order valence-corrected chi connectivity index (χ4v) is 2.81. The van der Waals surface area contributed by atoms with E-state index < -0.39 is 0 Å². The average Bonchev–Trinajstić information content (AvgIpc) is 2.03. The standard InChI is InChI=1S/C9H18OS3/c1-4-12-9(11)13-6-5-10-7-8(2)3/h8H,4-7H2,1-3H3. The summed E-state index contributed by atoms with van der Waals surface area (Å²) in [5.74, 6) is 2.68. The van der Waals surface area contributed by atoms with Crippen LogP contribution in [0.1, 0.15) is 20.8 Å². The maximum atomic E-state index is 5.43. The van der Waals surface area contributed by atoms with Crippen molar-refractivity contribution in [2.45, 2.75) is 20.8 Å². The van der Waals surface area contributed by atoms with Gasteiger partial charge in [0.1, 0.15) is 3.53 Å². The predicted molar refractivity (Wildman–Crippen MR) is 68.8 cm³/mol. The van der Waals surface area contributed by atoms with E-state index in [4.69, 9.17) is 17.0 Å². The van der Waals surface area contributed by atoms with Gasteiger partial charge in [0.2, 0.25) is 0 Å². The molecule has 0 bridgehead atoms. The van der Waals surface area contributed by atoms with Gasteiger partial charge in [-0.1, -0.05) is 33.0 Å². The van der Waals surface area contributed by atoms with Gasteiger partial charge in [0.05, 0.1) is 6.61 Å². The van der Waals surface area contributed by atoms with Gasteiger partial charge in [0, 0.05) is 12.4 Å². The molecule has 78 valence electrons. The Hall–Kier alpha value is 0.750. The number of rotatable bonds is 6. The zero-order valence-electron chi connectivity index (χ0n) is 8.54. The third-order valence-electron chi connectivity index (χ3n) is 1.16. The number of hydrogen-bond acceptors (Lipinski definition) is 4. The normalized spacial score (nSPS) is 10.8. The number of thiocarbonyl (C=S) groups is 1. The molecule has 0 aliphatic rings. The molecule has 0 aliphatic heterocycles. The third-order valence-corrected chi connectivity index (χ3v) is 3.71. The second kappa shape index (κ2) is 9.31. The Morgan fingerprint density at radius 2 is 2.08 bits per heavy atom. The molecule has 0 N–H and O–H groups in total. The Kier molecular flexibility index (Phi) is 9.85. The van der Waals surface area contributed by atoms with Crippen molar-refractivity contribution < 1.29 is 4.74 Å². The van der Waals surface area contributed by atoms with Crippen molar-refractivity contribution in [3.05, 3.63) is 0 Å². The molecule has 0 aromatic heterocycles. The van der Waals surface area contributed by atoms with Crippen molar-refractivity contribution in [3.63, 3.8) is 0 Å². The molecule has 0 unspecified atom stereocenters. The predicted octanol–water partition coefficient (Wildman–Crippen LogP) is 3.43. The minimum atomic E-state index is 0.627. The lowest BCUT2D eigenvalue weighted by molar-refractivity contribution is 0.124. The zero-order chi connectivity index (χ0) is 10.1. The summed E-state index contributed by atoms with van der Waals surface area (Å²) < 4.78 is 6.47. The lowest BCUT2D eigenvalue weighted by Crippen LogP contribution is -2.05. The first-order valence-corrected chi connectivity index (χ1v) is 6.92. The number of hydrogen-bond donors (Lipinski definition) is 0. The van der Waals surface area contributed by atoms with Crippen LogP contribution in [0.4, 0.5) is 0 Å². The summed E-state index contributed by atoms with van der Waals surface area (Å²) in [6, 6.07) is 0. The van der Waals surface area contributed by atoms with Crippen LogP contribution in [0.15, 0.2) is 0 Å². The van der Waals surface area contributed by atoms with Gasteiger partial charge in [0.15, 0.2) is 0 Å². The Balaban J connectivity index is 3.11. The van der Waals surface area contributed by atoms with E-state index in [1.165, 1.54) is 0 Å². The van der Waals surface area contributed by atoms with Crippen molar-refractivity contribution in [1.29, 1.82) is 0 Å². The Labute approximate surface area is 95.4 Å². The fraction of sp³-hybridized carbons (Fsp3) is 0.889. The van der Waals surface area contributed by atoms with Crippen LogP contribution in [-0.2, 0) is 4.74 Å². The monoisotopic (exact) mass is 238 g/mol. The molecule has 0 atom stereocenters. The van der Waals surface area contributed by atoms with Crippen LogP contribution in [0.2, 0.25) is 0 Å². The molecule has 0 radical (unpaired) electrons. The molecule has 0 aromatic rings. The van der Waals surface area contributed by atoms with E-state index in [0.717, 1.165) is 28.2 Å². The highest BCUT2D eigenvalue weighted by molar-refractivity contribution is 8.47. The Morgan fingerprint density at radius 1 is 1.38 bits per heavy atom. The highest BCUT2D eigenvalue weighted by Crippen LogP contribution is 2.16. The lowest BCUT2D eigenvalue weighted by atomic mass is 10.2. The van der Waals surface area contributed by atoms with Crippen LogP contribution < -0.4 is 0 Å². The first-order valence-electron chi connectivity index (χ1n) is 4.54. The fourth-order valence-electron chi connectivity index (χ4n) is 0.662. The van der Waals surface area contributed by atoms with Crippen molar-refractivity contribution in [2.24, 2.45) is 5.92 Å². The Bertz CT molecular complexity index is 137. The molecule has 0 amide bonds. The summed E-state index contributed by atoms with van der Waals surface area (Å²) in [4.78, 5) is 0. The Morgan fingerprint density at radius 3 is 2.62 bits per heavy atom. The van der Waals surface area contributed by atoms with Crippen molar-refractivity contribution in [1.82, 2.24) is 0 Å². The van der Waals surface area contributed by atoms with Crippen LogP contribution >= 0.6 is 35.7 Å². The third kappa shape index (κ3) is 10.7. The van der Waals surface area contributed by atoms with Crippen LogP contribution in [-0.4, -0.2) is 28.2 Å². The topological polar surface area (TPSA) is 9.23 Å². The van der Waals surface area contributed by atoms with E-state index in [1.807, 2.05) is 0 Å². The summed E-state index contributed by atoms with van der Waals surface area (Å²) in [6.07, 6.45) is 0. The van der Waals surface area contributed by atoms with Crippen molar-refractivity contribution >= 4 is 39.3 Å².